The fraction of sp³-hybridized carbons (Fsp3) is 0.455. The predicted molar refractivity (Wildman–Crippen MR) is 124 cm³/mol. The summed E-state index contributed by atoms with van der Waals surface area (Å²) in [5, 5.41) is 15.8. The number of carbonyl (C=O) groups is 3. The molecule has 0 bridgehead atoms. The monoisotopic (exact) mass is 495 g/mol. The van der Waals surface area contributed by atoms with Crippen LogP contribution >= 0.6 is 23.4 Å². The molecule has 0 spiro atoms. The van der Waals surface area contributed by atoms with Crippen LogP contribution in [0.4, 0.5) is 0 Å². The summed E-state index contributed by atoms with van der Waals surface area (Å²) in [4.78, 5) is 37.5. The number of rotatable bonds is 11. The summed E-state index contributed by atoms with van der Waals surface area (Å²) < 4.78 is 15.2. The zero-order valence-corrected chi connectivity index (χ0v) is 20.2. The van der Waals surface area contributed by atoms with Gasteiger partial charge in [-0.25, -0.2) is 0 Å². The minimum atomic E-state index is -1.29. The quantitative estimate of drug-likeness (QED) is 0.272. The van der Waals surface area contributed by atoms with E-state index in [1.807, 2.05) is 6.92 Å². The number of allylic oxidation sites excluding steroid dienone is 1. The number of benzene rings is 1. The molecule has 33 heavy (non-hydrogen) atoms. The van der Waals surface area contributed by atoms with Crippen molar-refractivity contribution < 1.29 is 28.6 Å². The molecule has 2 amide bonds. The third-order valence-electron chi connectivity index (χ3n) is 4.79. The van der Waals surface area contributed by atoms with E-state index in [-0.39, 0.29) is 27.3 Å². The number of hydrogen-bond acceptors (Lipinski definition) is 8. The summed E-state index contributed by atoms with van der Waals surface area (Å²) in [5.74, 6) is -3.46. The Morgan fingerprint density at radius 2 is 2.09 bits per heavy atom. The molecule has 0 saturated carbocycles. The number of ether oxygens (including phenoxy) is 3. The van der Waals surface area contributed by atoms with Gasteiger partial charge in [0.25, 0.3) is 0 Å². The number of thioether (sulfide) groups is 1. The first kappa shape index (κ1) is 26.5. The third kappa shape index (κ3) is 6.87. The number of nitrogens with one attached hydrogen (secondary N) is 2. The molecule has 1 aliphatic heterocycles. The molecule has 2 N–H and O–H groups in total. The van der Waals surface area contributed by atoms with E-state index in [1.54, 1.807) is 25.3 Å². The minimum Gasteiger partial charge on any atom is -0.492 e. The fourth-order valence-electron chi connectivity index (χ4n) is 3.30. The number of hydrogen-bond donors (Lipinski definition) is 2. The Kier molecular flexibility index (Phi) is 10.5. The average Bonchev–Trinajstić information content (AvgIpc) is 2.80. The van der Waals surface area contributed by atoms with Crippen molar-refractivity contribution in [2.24, 2.45) is 5.92 Å². The highest BCUT2D eigenvalue weighted by molar-refractivity contribution is 8.03. The Hall–Kier alpha value is -2.74. The largest absolute Gasteiger partial charge is 0.492 e. The van der Waals surface area contributed by atoms with Gasteiger partial charge in [0.2, 0.25) is 11.8 Å². The second-order valence-electron chi connectivity index (χ2n) is 6.93. The number of methoxy groups -OCH3 is 2. The van der Waals surface area contributed by atoms with Gasteiger partial charge in [-0.05, 0) is 31.0 Å². The van der Waals surface area contributed by atoms with Crippen LogP contribution in [-0.2, 0) is 23.9 Å². The normalized spacial score (nSPS) is 17.7. The first-order chi connectivity index (χ1) is 15.9. The van der Waals surface area contributed by atoms with Crippen molar-refractivity contribution in [1.29, 1.82) is 5.26 Å². The Labute approximate surface area is 201 Å². The van der Waals surface area contributed by atoms with Crippen LogP contribution < -0.4 is 15.4 Å². The first-order valence-electron chi connectivity index (χ1n) is 10.2. The summed E-state index contributed by atoms with van der Waals surface area (Å²) in [6, 6.07) is 6.93. The summed E-state index contributed by atoms with van der Waals surface area (Å²) in [5.41, 5.74) is 0.620. The fourth-order valence-corrected chi connectivity index (χ4v) is 4.42. The maximum Gasteiger partial charge on any atom is 0.319 e. The van der Waals surface area contributed by atoms with E-state index in [0.29, 0.717) is 37.5 Å². The molecular weight excluding hydrogens is 470 g/mol. The van der Waals surface area contributed by atoms with E-state index in [0.717, 1.165) is 11.8 Å². The van der Waals surface area contributed by atoms with Gasteiger partial charge < -0.3 is 24.8 Å². The third-order valence-corrected chi connectivity index (χ3v) is 6.11. The Bertz CT molecular complexity index is 962. The molecule has 1 aromatic rings. The molecule has 1 aliphatic rings. The van der Waals surface area contributed by atoms with Gasteiger partial charge in [-0.15, -0.1) is 0 Å². The van der Waals surface area contributed by atoms with Gasteiger partial charge >= 0.3 is 5.97 Å². The molecule has 0 saturated heterocycles. The van der Waals surface area contributed by atoms with E-state index in [4.69, 9.17) is 25.8 Å². The number of halogens is 1. The lowest BCUT2D eigenvalue weighted by Gasteiger charge is -2.31. The van der Waals surface area contributed by atoms with Crippen LogP contribution in [0, 0.1) is 17.2 Å². The van der Waals surface area contributed by atoms with Crippen LogP contribution in [0.25, 0.3) is 0 Å². The lowest BCUT2D eigenvalue weighted by atomic mass is 9.78. The maximum absolute atomic E-state index is 12.9. The van der Waals surface area contributed by atoms with E-state index in [2.05, 4.69) is 16.7 Å². The summed E-state index contributed by atoms with van der Waals surface area (Å²) >= 11 is 7.33. The van der Waals surface area contributed by atoms with Crippen molar-refractivity contribution in [3.63, 3.8) is 0 Å². The van der Waals surface area contributed by atoms with Gasteiger partial charge in [-0.3, -0.25) is 14.4 Å². The van der Waals surface area contributed by atoms with Crippen LogP contribution in [0.5, 0.6) is 5.75 Å². The zero-order chi connectivity index (χ0) is 24.4. The summed E-state index contributed by atoms with van der Waals surface area (Å²) in [7, 11) is 2.75. The van der Waals surface area contributed by atoms with Crippen LogP contribution in [0.15, 0.2) is 28.8 Å². The molecule has 11 heteroatoms. The van der Waals surface area contributed by atoms with Crippen LogP contribution in [-0.4, -0.2) is 57.5 Å². The average molecular weight is 496 g/mol. The van der Waals surface area contributed by atoms with Gasteiger partial charge in [-0.1, -0.05) is 29.4 Å². The van der Waals surface area contributed by atoms with Gasteiger partial charge in [0.1, 0.15) is 11.7 Å². The van der Waals surface area contributed by atoms with Crippen molar-refractivity contribution in [2.45, 2.75) is 19.3 Å². The lowest BCUT2D eigenvalue weighted by molar-refractivity contribution is -0.150. The number of amides is 2. The molecule has 178 valence electrons. The molecule has 2 atom stereocenters. The topological polar surface area (TPSA) is 127 Å². The number of nitriles is 1. The van der Waals surface area contributed by atoms with Crippen LogP contribution in [0.2, 0.25) is 5.02 Å². The van der Waals surface area contributed by atoms with Gasteiger partial charge in [0.05, 0.1) is 41.2 Å². The molecule has 0 radical (unpaired) electrons. The molecular formula is C22H26ClN3O6S. The highest BCUT2D eigenvalue weighted by Crippen LogP contribution is 2.42. The second kappa shape index (κ2) is 13.1. The van der Waals surface area contributed by atoms with Crippen LogP contribution in [0.3, 0.4) is 0 Å². The van der Waals surface area contributed by atoms with Crippen molar-refractivity contribution in [3.05, 3.63) is 39.4 Å². The highest BCUT2D eigenvalue weighted by Gasteiger charge is 2.44. The molecule has 1 heterocycles. The number of carbonyl (C=O) groups excluding carboxylic acids is 3. The van der Waals surface area contributed by atoms with Gasteiger partial charge in [-0.2, -0.15) is 5.26 Å². The number of nitrogens with zero attached hydrogens (tertiary/aromatic N) is 1. The summed E-state index contributed by atoms with van der Waals surface area (Å²) in [6.45, 7) is 3.19. The van der Waals surface area contributed by atoms with Crippen LogP contribution in [0.1, 0.15) is 24.8 Å². The van der Waals surface area contributed by atoms with E-state index in [9.17, 15) is 19.6 Å². The first-order valence-corrected chi connectivity index (χ1v) is 11.6. The molecule has 9 nitrogen and oxygen atoms in total. The Balaban J connectivity index is 2.36. The van der Waals surface area contributed by atoms with Crippen molar-refractivity contribution in [3.8, 4) is 11.8 Å². The minimum absolute atomic E-state index is 0.0204. The van der Waals surface area contributed by atoms with Crippen molar-refractivity contribution in [2.75, 3.05) is 39.7 Å². The Morgan fingerprint density at radius 1 is 1.33 bits per heavy atom. The highest BCUT2D eigenvalue weighted by atomic mass is 35.5. The van der Waals surface area contributed by atoms with Crippen molar-refractivity contribution in [1.82, 2.24) is 10.6 Å². The summed E-state index contributed by atoms with van der Waals surface area (Å²) in [6.07, 6.45) is 0.664. The molecule has 0 aliphatic carbocycles. The van der Waals surface area contributed by atoms with Gasteiger partial charge in [0, 0.05) is 26.2 Å². The Morgan fingerprint density at radius 3 is 2.70 bits per heavy atom. The van der Waals surface area contributed by atoms with Crippen molar-refractivity contribution >= 4 is 41.1 Å². The van der Waals surface area contributed by atoms with E-state index < -0.39 is 23.7 Å². The molecule has 2 rings (SSSR count). The molecule has 0 aromatic heterocycles. The SMILES string of the molecule is CCOc1ccc([C@@H]2C(C#N)=C(SCC(=O)NCCCOC)NC(=O)[C@H]2C(=O)OC)cc1Cl. The second-order valence-corrected chi connectivity index (χ2v) is 8.32. The smallest absolute Gasteiger partial charge is 0.319 e. The predicted octanol–water partition coefficient (Wildman–Crippen LogP) is 2.36. The van der Waals surface area contributed by atoms with E-state index >= 15 is 0 Å². The number of esters is 1. The van der Waals surface area contributed by atoms with Gasteiger partial charge in [0.15, 0.2) is 0 Å². The lowest BCUT2D eigenvalue weighted by Crippen LogP contribution is -2.44. The maximum atomic E-state index is 12.9. The van der Waals surface area contributed by atoms with E-state index in [1.165, 1.54) is 7.11 Å². The molecule has 0 unspecified atom stereocenters. The standard InChI is InChI=1S/C22H26ClN3O6S/c1-4-32-16-7-6-13(10-15(16)23)18-14(11-24)21(26-20(28)19(18)22(29)31-3)33-12-17(27)25-8-5-9-30-2/h6-7,10,18-19H,4-5,8-9,12H2,1-3H3,(H,25,27)(H,26,28)/t18-,19+/m1/s1. The molecule has 0 fully saturated rings. The molecule has 1 aromatic carbocycles. The zero-order valence-electron chi connectivity index (χ0n) is 18.6.